The first-order valence-electron chi connectivity index (χ1n) is 27.4. The van der Waals surface area contributed by atoms with Gasteiger partial charge in [-0.1, -0.05) is 126 Å². The molecule has 6 heteroatoms. The number of allylic oxidation sites excluding steroid dienone is 2. The number of thiophene rings is 1. The Hall–Kier alpha value is -5.56. The van der Waals surface area contributed by atoms with Gasteiger partial charge in [0.25, 0.3) is 6.71 Å². The standard InChI is InChI=1S/C67H74BN3OS/c1-38-30-54-59-55(31-38)71(52-20-17-21-56-58(52)42(39(2)72-56)32-40-18-15-16-19-51(40)69)53-36-48-47(65(9,10)27-28-66(48,11)12)35-50(53)68(59)61-60(43-34-46-49(37-57(43)73-61)67(13,14)29-26-64(46,7)8)70(54)41-22-23-44-45(33-41)63(5,6)25-24-62(44,3)4/h15-23,30-37,51H,24-29,69H2,1-14H3/b40-32-/t51-/m1/s1. The molecule has 0 fully saturated rings. The van der Waals surface area contributed by atoms with E-state index in [-0.39, 0.29) is 45.2 Å². The molecule has 2 aromatic heterocycles. The summed E-state index contributed by atoms with van der Waals surface area (Å²) < 4.78 is 9.62. The Kier molecular flexibility index (Phi) is 9.88. The van der Waals surface area contributed by atoms with Crippen LogP contribution >= 0.6 is 11.3 Å². The molecule has 2 N–H and O–H groups in total. The summed E-state index contributed by atoms with van der Waals surface area (Å²) in [7, 11) is 0. The van der Waals surface area contributed by atoms with Gasteiger partial charge >= 0.3 is 0 Å². The quantitative estimate of drug-likeness (QED) is 0.179. The van der Waals surface area contributed by atoms with E-state index >= 15 is 0 Å². The molecule has 6 aliphatic rings. The Morgan fingerprint density at radius 1 is 0.603 bits per heavy atom. The molecule has 4 nitrogen and oxygen atoms in total. The second-order valence-electron chi connectivity index (χ2n) is 27.2. The highest BCUT2D eigenvalue weighted by Crippen LogP contribution is 2.56. The van der Waals surface area contributed by atoms with E-state index in [9.17, 15) is 0 Å². The molecular weight excluding hydrogens is 906 g/mol. The van der Waals surface area contributed by atoms with Crippen molar-refractivity contribution in [1.29, 1.82) is 0 Å². The molecule has 2 aliphatic heterocycles. The van der Waals surface area contributed by atoms with E-state index in [1.165, 1.54) is 119 Å². The Balaban J connectivity index is 1.17. The van der Waals surface area contributed by atoms with Crippen molar-refractivity contribution < 1.29 is 4.42 Å². The van der Waals surface area contributed by atoms with Gasteiger partial charge in [-0.05, 0) is 201 Å². The van der Waals surface area contributed by atoms with Crippen molar-refractivity contribution in [2.75, 3.05) is 9.80 Å². The highest BCUT2D eigenvalue weighted by atomic mass is 32.1. The lowest BCUT2D eigenvalue weighted by atomic mass is 9.35. The summed E-state index contributed by atoms with van der Waals surface area (Å²) in [6.45, 7) is 34.2. The zero-order valence-electron chi connectivity index (χ0n) is 46.0. The number of nitrogens with zero attached hydrogens (tertiary/aromatic N) is 2. The Morgan fingerprint density at radius 2 is 1.18 bits per heavy atom. The summed E-state index contributed by atoms with van der Waals surface area (Å²) in [6.07, 6.45) is 17.7. The van der Waals surface area contributed by atoms with Gasteiger partial charge in [-0.25, -0.2) is 0 Å². The minimum absolute atomic E-state index is 0.00793. The predicted molar refractivity (Wildman–Crippen MR) is 315 cm³/mol. The second kappa shape index (κ2) is 15.3. The maximum Gasteiger partial charge on any atom is 0.264 e. The first kappa shape index (κ1) is 47.2. The molecule has 7 aromatic rings. The van der Waals surface area contributed by atoms with Crippen molar-refractivity contribution in [1.82, 2.24) is 0 Å². The minimum Gasteiger partial charge on any atom is -0.461 e. The molecule has 0 bridgehead atoms. The molecule has 1 atom stereocenters. The lowest BCUT2D eigenvalue weighted by Gasteiger charge is -2.47. The van der Waals surface area contributed by atoms with Crippen LogP contribution in [0.2, 0.25) is 0 Å². The number of furan rings is 1. The van der Waals surface area contributed by atoms with Crippen molar-refractivity contribution in [3.05, 3.63) is 153 Å². The highest BCUT2D eigenvalue weighted by Gasteiger charge is 2.49. The molecule has 0 spiro atoms. The van der Waals surface area contributed by atoms with Gasteiger partial charge in [-0.15, -0.1) is 11.3 Å². The molecule has 5 aromatic carbocycles. The summed E-state index contributed by atoms with van der Waals surface area (Å²) in [6, 6.07) is 29.7. The van der Waals surface area contributed by atoms with Crippen LogP contribution in [0.1, 0.15) is 172 Å². The van der Waals surface area contributed by atoms with Gasteiger partial charge in [0.2, 0.25) is 0 Å². The van der Waals surface area contributed by atoms with E-state index in [1.54, 1.807) is 0 Å². The fourth-order valence-corrected chi connectivity index (χ4v) is 15.8. The molecule has 0 radical (unpaired) electrons. The van der Waals surface area contributed by atoms with Crippen LogP contribution in [0.25, 0.3) is 27.1 Å². The van der Waals surface area contributed by atoms with Crippen LogP contribution in [0.15, 0.2) is 107 Å². The lowest BCUT2D eigenvalue weighted by molar-refractivity contribution is 0.332. The van der Waals surface area contributed by atoms with Gasteiger partial charge in [-0.3, -0.25) is 0 Å². The number of hydrogen-bond acceptors (Lipinski definition) is 5. The van der Waals surface area contributed by atoms with Gasteiger partial charge in [0.1, 0.15) is 11.3 Å². The lowest BCUT2D eigenvalue weighted by Crippen LogP contribution is -2.61. The Morgan fingerprint density at radius 3 is 1.82 bits per heavy atom. The van der Waals surface area contributed by atoms with Crippen LogP contribution in [-0.4, -0.2) is 12.8 Å². The van der Waals surface area contributed by atoms with E-state index in [0.29, 0.717) is 0 Å². The topological polar surface area (TPSA) is 45.6 Å². The summed E-state index contributed by atoms with van der Waals surface area (Å²) in [5, 5.41) is 2.50. The van der Waals surface area contributed by atoms with Crippen LogP contribution in [0.5, 0.6) is 0 Å². The van der Waals surface area contributed by atoms with Gasteiger partial charge in [0.15, 0.2) is 0 Å². The Labute approximate surface area is 439 Å². The fraction of sp³-hybridized carbons (Fsp3) is 0.403. The van der Waals surface area contributed by atoms with E-state index in [2.05, 4.69) is 215 Å². The molecule has 372 valence electrons. The second-order valence-corrected chi connectivity index (χ2v) is 28.2. The molecular formula is C67H74BN3OS. The smallest absolute Gasteiger partial charge is 0.264 e. The highest BCUT2D eigenvalue weighted by molar-refractivity contribution is 7.33. The summed E-state index contributed by atoms with van der Waals surface area (Å²) in [5.41, 5.74) is 30.8. The van der Waals surface area contributed by atoms with Gasteiger partial charge < -0.3 is 20.0 Å². The van der Waals surface area contributed by atoms with E-state index in [0.717, 1.165) is 46.4 Å². The molecule has 0 saturated heterocycles. The molecule has 13 rings (SSSR count). The number of fused-ring (bicyclic) bond motifs is 10. The monoisotopic (exact) mass is 980 g/mol. The molecule has 0 unspecified atom stereocenters. The van der Waals surface area contributed by atoms with Gasteiger partial charge in [0.05, 0.1) is 16.8 Å². The van der Waals surface area contributed by atoms with Gasteiger partial charge in [-0.2, -0.15) is 0 Å². The summed E-state index contributed by atoms with van der Waals surface area (Å²) >= 11 is 2.06. The summed E-state index contributed by atoms with van der Waals surface area (Å²) in [5.74, 6) is 0.897. The van der Waals surface area contributed by atoms with Crippen LogP contribution < -0.4 is 31.2 Å². The number of aryl methyl sites for hydroxylation is 2. The zero-order chi connectivity index (χ0) is 51.3. The third kappa shape index (κ3) is 6.80. The van der Waals surface area contributed by atoms with Crippen LogP contribution in [0.4, 0.5) is 34.1 Å². The normalized spacial score (nSPS) is 22.5. The minimum atomic E-state index is -0.191. The van der Waals surface area contributed by atoms with Crippen molar-refractivity contribution in [3.63, 3.8) is 0 Å². The number of benzene rings is 5. The van der Waals surface area contributed by atoms with E-state index < -0.39 is 0 Å². The fourth-order valence-electron chi connectivity index (χ4n) is 14.5. The molecule has 4 heterocycles. The van der Waals surface area contributed by atoms with E-state index in [4.69, 9.17) is 10.2 Å². The van der Waals surface area contributed by atoms with Gasteiger partial charge in [0, 0.05) is 49.2 Å². The number of nitrogens with two attached hydrogens (primary N) is 1. The van der Waals surface area contributed by atoms with Crippen molar-refractivity contribution in [2.24, 2.45) is 5.73 Å². The first-order valence-corrected chi connectivity index (χ1v) is 28.2. The maximum atomic E-state index is 6.78. The SMILES string of the molecule is Cc1cc2c3c(c1)N(c1cccc4oc(C)c(/C=C5/C=CC=C[C@H]5N)c14)c1cc4c(cc1B3c1sc3cc5c(cc3c1N2c1ccc2c(c1)C(C)(C)CCC2(C)C)C(C)(C)CCC5(C)C)C(C)(C)CCC4(C)C. The number of anilines is 6. The van der Waals surface area contributed by atoms with Crippen molar-refractivity contribution in [3.8, 4) is 0 Å². The molecule has 4 aliphatic carbocycles. The molecule has 73 heavy (non-hydrogen) atoms. The largest absolute Gasteiger partial charge is 0.461 e. The zero-order valence-corrected chi connectivity index (χ0v) is 46.8. The molecule has 0 saturated carbocycles. The average Bonchev–Trinajstić information content (AvgIpc) is 3.88. The van der Waals surface area contributed by atoms with Crippen molar-refractivity contribution in [2.45, 2.75) is 174 Å². The number of hydrogen-bond donors (Lipinski definition) is 1. The van der Waals surface area contributed by atoms with Crippen molar-refractivity contribution >= 4 is 95.0 Å². The van der Waals surface area contributed by atoms with E-state index in [1.807, 2.05) is 6.08 Å². The van der Waals surface area contributed by atoms with Crippen LogP contribution in [0, 0.1) is 13.8 Å². The average molecular weight is 980 g/mol. The van der Waals surface area contributed by atoms with Crippen LogP contribution in [0.3, 0.4) is 0 Å². The first-order chi connectivity index (χ1) is 34.4. The number of rotatable bonds is 3. The third-order valence-electron chi connectivity index (χ3n) is 19.4. The molecule has 0 amide bonds. The Bertz CT molecular complexity index is 3660. The third-order valence-corrected chi connectivity index (χ3v) is 20.6. The predicted octanol–water partition coefficient (Wildman–Crippen LogP) is 16.2. The maximum absolute atomic E-state index is 6.78. The van der Waals surface area contributed by atoms with Crippen LogP contribution in [-0.2, 0) is 32.5 Å². The summed E-state index contributed by atoms with van der Waals surface area (Å²) in [4.78, 5) is 5.39.